The van der Waals surface area contributed by atoms with E-state index in [4.69, 9.17) is 4.74 Å². The Morgan fingerprint density at radius 3 is 2.65 bits per heavy atom. The number of nitrogens with zero attached hydrogens (tertiary/aromatic N) is 1. The van der Waals surface area contributed by atoms with Gasteiger partial charge in [-0.3, -0.25) is 4.79 Å². The highest BCUT2D eigenvalue weighted by Crippen LogP contribution is 2.32. The van der Waals surface area contributed by atoms with E-state index < -0.39 is 23.5 Å². The second-order valence-electron chi connectivity index (χ2n) is 4.59. The first kappa shape index (κ1) is 14.8. The number of rotatable bonds is 2. The second-order valence-corrected chi connectivity index (χ2v) is 4.59. The Bertz CT molecular complexity index is 516. The average Bonchev–Trinajstić information content (AvgIpc) is 2.86. The zero-order valence-corrected chi connectivity index (χ0v) is 10.7. The van der Waals surface area contributed by atoms with Gasteiger partial charge in [-0.1, -0.05) is 0 Å². The summed E-state index contributed by atoms with van der Waals surface area (Å²) in [6.07, 6.45) is -4.29. The van der Waals surface area contributed by atoms with Crippen LogP contribution in [0.1, 0.15) is 22.3 Å². The Morgan fingerprint density at radius 1 is 1.40 bits per heavy atom. The summed E-state index contributed by atoms with van der Waals surface area (Å²) in [6.45, 7) is 0.740. The van der Waals surface area contributed by atoms with Crippen molar-refractivity contribution in [3.05, 3.63) is 35.1 Å². The van der Waals surface area contributed by atoms with Gasteiger partial charge in [-0.05, 0) is 24.6 Å². The Kier molecular flexibility index (Phi) is 3.99. The van der Waals surface area contributed by atoms with E-state index in [2.05, 4.69) is 0 Å². The molecular formula is C13H13F4NO2. The summed E-state index contributed by atoms with van der Waals surface area (Å²) in [5, 5.41) is 0. The standard InChI is InChI=1S/C13H13F4NO2/c1-20-9-4-5-18(7-9)12(19)8-2-3-11(14)10(6-8)13(15,16)17/h2-3,6,9H,4-5,7H2,1H3. The predicted molar refractivity (Wildman–Crippen MR) is 62.7 cm³/mol. The van der Waals surface area contributed by atoms with Crippen molar-refractivity contribution in [1.29, 1.82) is 0 Å². The molecule has 1 heterocycles. The molecule has 0 spiro atoms. The van der Waals surface area contributed by atoms with Crippen molar-refractivity contribution in [2.45, 2.75) is 18.7 Å². The highest BCUT2D eigenvalue weighted by Gasteiger charge is 2.35. The number of carbonyl (C=O) groups excluding carboxylic acids is 1. The summed E-state index contributed by atoms with van der Waals surface area (Å²) in [7, 11) is 1.51. The molecule has 1 aliphatic rings. The van der Waals surface area contributed by atoms with Crippen LogP contribution in [0.25, 0.3) is 0 Å². The van der Waals surface area contributed by atoms with Gasteiger partial charge in [0.2, 0.25) is 0 Å². The summed E-state index contributed by atoms with van der Waals surface area (Å²) in [6, 6.07) is 2.28. The van der Waals surface area contributed by atoms with Crippen LogP contribution in [0.2, 0.25) is 0 Å². The molecule has 1 aromatic rings. The van der Waals surface area contributed by atoms with Gasteiger partial charge in [-0.2, -0.15) is 13.2 Å². The maximum Gasteiger partial charge on any atom is 0.419 e. The van der Waals surface area contributed by atoms with Crippen LogP contribution in [-0.4, -0.2) is 37.1 Å². The van der Waals surface area contributed by atoms with E-state index in [1.54, 1.807) is 0 Å². The SMILES string of the molecule is COC1CCN(C(=O)c2ccc(F)c(C(F)(F)F)c2)C1. The molecule has 1 amide bonds. The highest BCUT2D eigenvalue weighted by molar-refractivity contribution is 5.94. The Balaban J connectivity index is 2.23. The molecule has 0 saturated carbocycles. The van der Waals surface area contributed by atoms with Crippen LogP contribution in [0.4, 0.5) is 17.6 Å². The van der Waals surface area contributed by atoms with E-state index in [-0.39, 0.29) is 11.7 Å². The zero-order chi connectivity index (χ0) is 14.9. The number of ether oxygens (including phenoxy) is 1. The maximum absolute atomic E-state index is 13.2. The summed E-state index contributed by atoms with van der Waals surface area (Å²) in [4.78, 5) is 13.5. The minimum atomic E-state index is -4.82. The first-order chi connectivity index (χ1) is 9.32. The minimum absolute atomic E-state index is 0.110. The largest absolute Gasteiger partial charge is 0.419 e. The van der Waals surface area contributed by atoms with Gasteiger partial charge >= 0.3 is 6.18 Å². The summed E-state index contributed by atoms with van der Waals surface area (Å²) in [5.74, 6) is -1.93. The van der Waals surface area contributed by atoms with Crippen LogP contribution in [-0.2, 0) is 10.9 Å². The molecule has 0 aromatic heterocycles. The average molecular weight is 291 g/mol. The van der Waals surface area contributed by atoms with Crippen LogP contribution in [0, 0.1) is 5.82 Å². The monoisotopic (exact) mass is 291 g/mol. The van der Waals surface area contributed by atoms with Gasteiger partial charge in [0, 0.05) is 25.8 Å². The van der Waals surface area contributed by atoms with E-state index in [0.717, 1.165) is 6.07 Å². The van der Waals surface area contributed by atoms with Crippen molar-refractivity contribution in [1.82, 2.24) is 4.90 Å². The van der Waals surface area contributed by atoms with Gasteiger partial charge in [0.1, 0.15) is 5.82 Å². The van der Waals surface area contributed by atoms with Crippen LogP contribution in [0.15, 0.2) is 18.2 Å². The van der Waals surface area contributed by atoms with Crippen molar-refractivity contribution >= 4 is 5.91 Å². The highest BCUT2D eigenvalue weighted by atomic mass is 19.4. The van der Waals surface area contributed by atoms with Crippen molar-refractivity contribution in [2.24, 2.45) is 0 Å². The lowest BCUT2D eigenvalue weighted by atomic mass is 10.1. The third kappa shape index (κ3) is 2.92. The zero-order valence-electron chi connectivity index (χ0n) is 10.7. The van der Waals surface area contributed by atoms with Gasteiger partial charge in [-0.25, -0.2) is 4.39 Å². The van der Waals surface area contributed by atoms with Crippen molar-refractivity contribution in [3.63, 3.8) is 0 Å². The number of likely N-dealkylation sites (tertiary alicyclic amines) is 1. The molecule has 1 fully saturated rings. The van der Waals surface area contributed by atoms with Crippen LogP contribution in [0.3, 0.4) is 0 Å². The number of carbonyl (C=O) groups is 1. The van der Waals surface area contributed by atoms with Gasteiger partial charge in [-0.15, -0.1) is 0 Å². The molecule has 20 heavy (non-hydrogen) atoms. The number of benzene rings is 1. The number of alkyl halides is 3. The maximum atomic E-state index is 13.2. The molecule has 0 N–H and O–H groups in total. The van der Waals surface area contributed by atoms with Crippen LogP contribution < -0.4 is 0 Å². The smallest absolute Gasteiger partial charge is 0.380 e. The Morgan fingerprint density at radius 2 is 2.10 bits per heavy atom. The van der Waals surface area contributed by atoms with Gasteiger partial charge in [0.25, 0.3) is 5.91 Å². The second kappa shape index (κ2) is 5.40. The summed E-state index contributed by atoms with van der Waals surface area (Å²) < 4.78 is 56.1. The fourth-order valence-corrected chi connectivity index (χ4v) is 2.16. The number of hydrogen-bond acceptors (Lipinski definition) is 2. The number of amides is 1. The molecule has 2 rings (SSSR count). The normalized spacial score (nSPS) is 19.4. The van der Waals surface area contributed by atoms with Crippen LogP contribution >= 0.6 is 0 Å². The molecule has 1 aromatic carbocycles. The lowest BCUT2D eigenvalue weighted by Gasteiger charge is -2.17. The fraction of sp³-hybridized carbons (Fsp3) is 0.462. The molecule has 110 valence electrons. The first-order valence-electron chi connectivity index (χ1n) is 6.01. The molecule has 0 bridgehead atoms. The minimum Gasteiger partial charge on any atom is -0.380 e. The fourth-order valence-electron chi connectivity index (χ4n) is 2.16. The molecule has 7 heteroatoms. The van der Waals surface area contributed by atoms with E-state index >= 15 is 0 Å². The van der Waals surface area contributed by atoms with E-state index in [1.807, 2.05) is 0 Å². The summed E-state index contributed by atoms with van der Waals surface area (Å²) in [5.41, 5.74) is -1.60. The van der Waals surface area contributed by atoms with E-state index in [0.29, 0.717) is 31.6 Å². The first-order valence-corrected chi connectivity index (χ1v) is 6.01. The molecule has 3 nitrogen and oxygen atoms in total. The molecular weight excluding hydrogens is 278 g/mol. The lowest BCUT2D eigenvalue weighted by molar-refractivity contribution is -0.140. The van der Waals surface area contributed by atoms with Crippen molar-refractivity contribution in [2.75, 3.05) is 20.2 Å². The molecule has 1 unspecified atom stereocenters. The quantitative estimate of drug-likeness (QED) is 0.784. The summed E-state index contributed by atoms with van der Waals surface area (Å²) >= 11 is 0. The third-order valence-electron chi connectivity index (χ3n) is 3.28. The topological polar surface area (TPSA) is 29.5 Å². The van der Waals surface area contributed by atoms with Gasteiger partial charge < -0.3 is 9.64 Å². The molecule has 1 atom stereocenters. The van der Waals surface area contributed by atoms with Crippen molar-refractivity contribution in [3.8, 4) is 0 Å². The third-order valence-corrected chi connectivity index (χ3v) is 3.28. The Labute approximate surface area is 113 Å². The van der Waals surface area contributed by atoms with E-state index in [1.165, 1.54) is 12.0 Å². The molecule has 0 radical (unpaired) electrons. The predicted octanol–water partition coefficient (Wildman–Crippen LogP) is 2.71. The molecule has 1 saturated heterocycles. The molecule has 0 aliphatic carbocycles. The van der Waals surface area contributed by atoms with Crippen molar-refractivity contribution < 1.29 is 27.1 Å². The van der Waals surface area contributed by atoms with Gasteiger partial charge in [0.15, 0.2) is 0 Å². The number of methoxy groups -OCH3 is 1. The van der Waals surface area contributed by atoms with E-state index in [9.17, 15) is 22.4 Å². The lowest BCUT2D eigenvalue weighted by Crippen LogP contribution is -2.30. The Hall–Kier alpha value is -1.63. The number of hydrogen-bond donors (Lipinski definition) is 0. The molecule has 1 aliphatic heterocycles. The number of halogens is 4. The van der Waals surface area contributed by atoms with Gasteiger partial charge in [0.05, 0.1) is 11.7 Å². The van der Waals surface area contributed by atoms with Crippen LogP contribution in [0.5, 0.6) is 0 Å².